The summed E-state index contributed by atoms with van der Waals surface area (Å²) in [4.78, 5) is 53.6. The van der Waals surface area contributed by atoms with Gasteiger partial charge in [-0.05, 0) is 31.0 Å². The summed E-state index contributed by atoms with van der Waals surface area (Å²) in [5.74, 6) is -2.47. The number of nitrogens with zero attached hydrogens (tertiary/aromatic N) is 4. The Bertz CT molecular complexity index is 1130. The van der Waals surface area contributed by atoms with Crippen LogP contribution in [-0.4, -0.2) is 62.2 Å². The van der Waals surface area contributed by atoms with E-state index in [1.807, 2.05) is 0 Å². The first-order valence-corrected chi connectivity index (χ1v) is 10.2. The molecule has 14 heteroatoms. The number of carbonyl (C=O) groups is 4. The van der Waals surface area contributed by atoms with Gasteiger partial charge in [-0.2, -0.15) is 18.3 Å². The molecule has 1 spiro atoms. The number of amides is 4. The van der Waals surface area contributed by atoms with Crippen molar-refractivity contribution in [2.75, 3.05) is 18.5 Å². The number of hydrogen-bond donors (Lipinski definition) is 2. The molecule has 2 aliphatic rings. The summed E-state index contributed by atoms with van der Waals surface area (Å²) in [6.45, 7) is -1.53. The molecule has 180 valence electrons. The predicted octanol–water partition coefficient (Wildman–Crippen LogP) is 1.63. The number of imide groups is 1. The van der Waals surface area contributed by atoms with Crippen LogP contribution in [-0.2, 0) is 25.3 Å². The predicted molar refractivity (Wildman–Crippen MR) is 107 cm³/mol. The van der Waals surface area contributed by atoms with E-state index in [0.717, 1.165) is 40.9 Å². The van der Waals surface area contributed by atoms with Crippen LogP contribution in [0.4, 0.5) is 23.7 Å². The van der Waals surface area contributed by atoms with Gasteiger partial charge in [0, 0.05) is 0 Å². The van der Waals surface area contributed by atoms with Gasteiger partial charge in [0.25, 0.3) is 11.8 Å². The number of anilines is 1. The minimum Gasteiger partial charge on any atom is -0.454 e. The van der Waals surface area contributed by atoms with Gasteiger partial charge >= 0.3 is 18.2 Å². The van der Waals surface area contributed by atoms with E-state index in [-0.39, 0.29) is 11.4 Å². The van der Waals surface area contributed by atoms with Gasteiger partial charge in [-0.1, -0.05) is 12.8 Å². The molecule has 1 aliphatic heterocycles. The summed E-state index contributed by atoms with van der Waals surface area (Å²) in [6, 6.07) is 1.93. The molecule has 1 saturated carbocycles. The summed E-state index contributed by atoms with van der Waals surface area (Å²) in [5, 5.41) is 8.70. The van der Waals surface area contributed by atoms with Crippen LogP contribution in [0.3, 0.4) is 0 Å². The van der Waals surface area contributed by atoms with Gasteiger partial charge in [-0.25, -0.2) is 14.5 Å². The fraction of sp³-hybridized carbons (Fsp3) is 0.400. The SMILES string of the molecule is O=C(COC(=O)CN1C(=O)NC2(CCCC2)C1=O)Nc1cc(C(F)(F)F)ccc1-n1cncn1. The van der Waals surface area contributed by atoms with Crippen molar-refractivity contribution in [3.8, 4) is 5.69 Å². The quantitative estimate of drug-likeness (QED) is 0.474. The van der Waals surface area contributed by atoms with Crippen LogP contribution in [0.25, 0.3) is 5.69 Å². The molecule has 2 aromatic rings. The Morgan fingerprint density at radius 3 is 2.59 bits per heavy atom. The molecule has 1 aliphatic carbocycles. The van der Waals surface area contributed by atoms with Crippen molar-refractivity contribution in [3.05, 3.63) is 36.4 Å². The Labute approximate surface area is 190 Å². The van der Waals surface area contributed by atoms with Crippen molar-refractivity contribution >= 4 is 29.5 Å². The molecule has 1 aromatic heterocycles. The molecule has 2 N–H and O–H groups in total. The largest absolute Gasteiger partial charge is 0.454 e. The molecule has 2 fully saturated rings. The highest BCUT2D eigenvalue weighted by molar-refractivity contribution is 6.09. The zero-order valence-corrected chi connectivity index (χ0v) is 17.6. The molecule has 0 unspecified atom stereocenters. The highest BCUT2D eigenvalue weighted by Crippen LogP contribution is 2.35. The molecular weight excluding hydrogens is 461 g/mol. The van der Waals surface area contributed by atoms with E-state index >= 15 is 0 Å². The second-order valence-electron chi connectivity index (χ2n) is 7.89. The number of ether oxygens (including phenoxy) is 1. The smallest absolute Gasteiger partial charge is 0.416 e. The van der Waals surface area contributed by atoms with Crippen LogP contribution < -0.4 is 10.6 Å². The van der Waals surface area contributed by atoms with Gasteiger partial charge in [0.2, 0.25) is 0 Å². The average Bonchev–Trinajstić information content (AvgIpc) is 3.51. The number of esters is 1. The van der Waals surface area contributed by atoms with Crippen molar-refractivity contribution in [3.63, 3.8) is 0 Å². The van der Waals surface area contributed by atoms with Crippen LogP contribution in [0.1, 0.15) is 31.2 Å². The summed E-state index contributed by atoms with van der Waals surface area (Å²) >= 11 is 0. The topological polar surface area (TPSA) is 136 Å². The Morgan fingerprint density at radius 1 is 1.21 bits per heavy atom. The fourth-order valence-corrected chi connectivity index (χ4v) is 3.99. The van der Waals surface area contributed by atoms with E-state index in [2.05, 4.69) is 20.7 Å². The first kappa shape index (κ1) is 23.2. The van der Waals surface area contributed by atoms with E-state index in [4.69, 9.17) is 4.74 Å². The minimum absolute atomic E-state index is 0.103. The van der Waals surface area contributed by atoms with E-state index < -0.39 is 54.2 Å². The molecule has 4 rings (SSSR count). The molecule has 0 radical (unpaired) electrons. The van der Waals surface area contributed by atoms with Crippen molar-refractivity contribution in [1.29, 1.82) is 0 Å². The molecule has 0 bridgehead atoms. The molecule has 1 saturated heterocycles. The maximum atomic E-state index is 13.1. The van der Waals surface area contributed by atoms with Crippen LogP contribution in [0.2, 0.25) is 0 Å². The van der Waals surface area contributed by atoms with Crippen LogP contribution >= 0.6 is 0 Å². The number of rotatable bonds is 6. The van der Waals surface area contributed by atoms with Gasteiger partial charge in [-0.3, -0.25) is 19.3 Å². The van der Waals surface area contributed by atoms with Gasteiger partial charge in [-0.15, -0.1) is 0 Å². The van der Waals surface area contributed by atoms with Crippen molar-refractivity contribution in [1.82, 2.24) is 25.0 Å². The average molecular weight is 480 g/mol. The first-order chi connectivity index (χ1) is 16.1. The molecule has 0 atom stereocenters. The molecule has 2 heterocycles. The van der Waals surface area contributed by atoms with E-state index in [1.54, 1.807) is 0 Å². The summed E-state index contributed by atoms with van der Waals surface area (Å²) in [7, 11) is 0. The molecule has 4 amide bonds. The number of benzene rings is 1. The Morgan fingerprint density at radius 2 is 1.94 bits per heavy atom. The minimum atomic E-state index is -4.66. The van der Waals surface area contributed by atoms with E-state index in [0.29, 0.717) is 18.9 Å². The lowest BCUT2D eigenvalue weighted by molar-refractivity contribution is -0.150. The van der Waals surface area contributed by atoms with Crippen molar-refractivity contribution in [2.24, 2.45) is 0 Å². The fourth-order valence-electron chi connectivity index (χ4n) is 3.99. The molecular formula is C20H19F3N6O5. The third kappa shape index (κ3) is 4.56. The van der Waals surface area contributed by atoms with Crippen LogP contribution in [0.5, 0.6) is 0 Å². The number of hydrogen-bond acceptors (Lipinski definition) is 7. The zero-order valence-electron chi connectivity index (χ0n) is 17.6. The number of carbonyl (C=O) groups excluding carboxylic acids is 4. The summed E-state index contributed by atoms with van der Waals surface area (Å²) < 4.78 is 45.3. The maximum Gasteiger partial charge on any atom is 0.416 e. The number of urea groups is 1. The van der Waals surface area contributed by atoms with Crippen molar-refractivity contribution in [2.45, 2.75) is 37.4 Å². The molecule has 1 aromatic carbocycles. The normalized spacial score (nSPS) is 17.2. The highest BCUT2D eigenvalue weighted by Gasteiger charge is 2.52. The van der Waals surface area contributed by atoms with Gasteiger partial charge in [0.05, 0.1) is 16.9 Å². The molecule has 34 heavy (non-hydrogen) atoms. The number of nitrogens with one attached hydrogen (secondary N) is 2. The third-order valence-corrected chi connectivity index (χ3v) is 5.62. The van der Waals surface area contributed by atoms with E-state index in [9.17, 15) is 32.3 Å². The van der Waals surface area contributed by atoms with Gasteiger partial charge in [0.1, 0.15) is 24.7 Å². The van der Waals surface area contributed by atoms with Gasteiger partial charge in [0.15, 0.2) is 6.61 Å². The second-order valence-corrected chi connectivity index (χ2v) is 7.89. The number of halogens is 3. The van der Waals surface area contributed by atoms with Gasteiger partial charge < -0.3 is 15.4 Å². The lowest BCUT2D eigenvalue weighted by Crippen LogP contribution is -2.44. The maximum absolute atomic E-state index is 13.1. The third-order valence-electron chi connectivity index (χ3n) is 5.62. The number of aromatic nitrogens is 3. The van der Waals surface area contributed by atoms with Crippen LogP contribution in [0.15, 0.2) is 30.9 Å². The summed E-state index contributed by atoms with van der Waals surface area (Å²) in [5.41, 5.74) is -2.14. The summed E-state index contributed by atoms with van der Waals surface area (Å²) in [6.07, 6.45) is 0.247. The Hall–Kier alpha value is -3.97. The Balaban J connectivity index is 1.39. The highest BCUT2D eigenvalue weighted by atomic mass is 19.4. The van der Waals surface area contributed by atoms with Crippen LogP contribution in [0, 0.1) is 0 Å². The zero-order chi connectivity index (χ0) is 24.5. The first-order valence-electron chi connectivity index (χ1n) is 10.2. The van der Waals surface area contributed by atoms with E-state index in [1.165, 1.54) is 6.33 Å². The monoisotopic (exact) mass is 480 g/mol. The standard InChI is InChI=1S/C20H19F3N6O5/c21-20(22,23)12-3-4-14(29-11-24-10-25-29)13(7-12)26-15(30)9-34-16(31)8-28-17(32)19(27-18(28)33)5-1-2-6-19/h3-4,7,10-11H,1-2,5-6,8-9H2,(H,26,30)(H,27,33). The second kappa shape index (κ2) is 8.76. The molecule has 11 nitrogen and oxygen atoms in total. The lowest BCUT2D eigenvalue weighted by Gasteiger charge is -2.19. The Kier molecular flexibility index (Phi) is 5.98. The number of alkyl halides is 3. The van der Waals surface area contributed by atoms with Crippen molar-refractivity contribution < 1.29 is 37.1 Å². The lowest BCUT2D eigenvalue weighted by atomic mass is 9.98.